The molecule has 64 heavy (non-hydrogen) atoms. The van der Waals surface area contributed by atoms with Crippen LogP contribution in [0.15, 0.2) is 227 Å². The summed E-state index contributed by atoms with van der Waals surface area (Å²) >= 11 is -2.32. The topological polar surface area (TPSA) is 47.1 Å². The van der Waals surface area contributed by atoms with Gasteiger partial charge in [-0.15, -0.1) is 0 Å². The van der Waals surface area contributed by atoms with Crippen LogP contribution in [0.3, 0.4) is 0 Å². The van der Waals surface area contributed by atoms with Gasteiger partial charge in [-0.3, -0.25) is 0 Å². The van der Waals surface area contributed by atoms with E-state index in [0.717, 1.165) is 79.7 Å². The Balaban J connectivity index is 0.956. The van der Waals surface area contributed by atoms with Gasteiger partial charge in [0.2, 0.25) is 0 Å². The molecule has 4 nitrogen and oxygen atoms in total. The number of hydrogen-bond acceptors (Lipinski definition) is 4. The van der Waals surface area contributed by atoms with Crippen molar-refractivity contribution in [3.05, 3.63) is 251 Å². The molecule has 1 aliphatic carbocycles. The van der Waals surface area contributed by atoms with E-state index in [2.05, 4.69) is 206 Å². The average molecular weight is 933 g/mol. The highest BCUT2D eigenvalue weighted by molar-refractivity contribution is 14.2. The Bertz CT molecular complexity index is 3680. The van der Waals surface area contributed by atoms with Crippen LogP contribution < -0.4 is 4.74 Å². The van der Waals surface area contributed by atoms with Crippen LogP contribution in [0.2, 0.25) is 0 Å². The highest BCUT2D eigenvalue weighted by Gasteiger charge is 2.51. The fraction of sp³-hybridized carbons (Fsp3) is 0.0169. The Hall–Kier alpha value is -7.61. The minimum Gasteiger partial charge on any atom is -0.457 e. The number of nitrogens with zero attached hydrogens (tertiary/aromatic N) is 2. The first kappa shape index (κ1) is 37.0. The van der Waals surface area contributed by atoms with Crippen molar-refractivity contribution in [3.8, 4) is 44.9 Å². The van der Waals surface area contributed by atoms with Gasteiger partial charge < -0.3 is 9.15 Å². The monoisotopic (exact) mass is 932 g/mol. The summed E-state index contributed by atoms with van der Waals surface area (Å²) in [5.74, 6) is 2.40. The van der Waals surface area contributed by atoms with Crippen LogP contribution in [-0.4, -0.2) is 17.7 Å². The molecule has 0 radical (unpaired) electrons. The van der Waals surface area contributed by atoms with Crippen LogP contribution in [0.25, 0.3) is 55.3 Å². The predicted molar refractivity (Wildman–Crippen MR) is 273 cm³/mol. The van der Waals surface area contributed by atoms with Crippen molar-refractivity contribution in [3.63, 3.8) is 0 Å². The van der Waals surface area contributed by atoms with Crippen molar-refractivity contribution in [2.24, 2.45) is 9.98 Å². The maximum atomic E-state index is 6.92. The molecular weight excluding hydrogens is 896 g/mol. The molecule has 9 aromatic carbocycles. The van der Waals surface area contributed by atoms with Gasteiger partial charge in [-0.1, -0.05) is 187 Å². The zero-order valence-electron chi connectivity index (χ0n) is 34.5. The number of hydrogen-bond donors (Lipinski definition) is 0. The van der Waals surface area contributed by atoms with E-state index in [4.69, 9.17) is 23.7 Å². The van der Waals surface area contributed by atoms with E-state index in [-0.39, 0.29) is 0 Å². The molecule has 0 fully saturated rings. The summed E-state index contributed by atoms with van der Waals surface area (Å²) < 4.78 is 20.4. The first-order valence-corrected chi connectivity index (χ1v) is 25.1. The number of para-hydroxylation sites is 2. The van der Waals surface area contributed by atoms with Gasteiger partial charge in [0.1, 0.15) is 30.0 Å². The van der Waals surface area contributed by atoms with E-state index in [9.17, 15) is 0 Å². The summed E-state index contributed by atoms with van der Waals surface area (Å²) in [5, 5.41) is 2.13. The summed E-state index contributed by atoms with van der Waals surface area (Å²) in [4.78, 5) is 10.8. The molecule has 0 atom stereocenters. The maximum absolute atomic E-state index is 6.92. The van der Waals surface area contributed by atoms with E-state index in [0.29, 0.717) is 5.84 Å². The minimum atomic E-state index is -2.32. The van der Waals surface area contributed by atoms with Gasteiger partial charge in [0.25, 0.3) is 0 Å². The first-order valence-electron chi connectivity index (χ1n) is 21.4. The largest absolute Gasteiger partial charge is 0.457 e. The lowest BCUT2D eigenvalue weighted by atomic mass is 9.66. The summed E-state index contributed by atoms with van der Waals surface area (Å²) in [5.41, 5.74) is 15.9. The lowest BCUT2D eigenvalue weighted by Crippen LogP contribution is -2.32. The molecule has 0 saturated heterocycles. The zero-order chi connectivity index (χ0) is 42.4. The average Bonchev–Trinajstić information content (AvgIpc) is 3.86. The Labute approximate surface area is 376 Å². The third-order valence-electron chi connectivity index (χ3n) is 13.0. The number of aliphatic imine (C=N–C) groups is 2. The zero-order valence-corrected chi connectivity index (χ0v) is 36.7. The fourth-order valence-corrected chi connectivity index (χ4v) is 13.8. The van der Waals surface area contributed by atoms with Crippen LogP contribution in [0, 0.1) is 0 Å². The summed E-state index contributed by atoms with van der Waals surface area (Å²) in [6.07, 6.45) is 0. The molecule has 0 bridgehead atoms. The molecule has 13 rings (SSSR count). The van der Waals surface area contributed by atoms with Crippen LogP contribution in [0.1, 0.15) is 38.9 Å². The van der Waals surface area contributed by atoms with Gasteiger partial charge in [0.05, 0.1) is 5.41 Å². The van der Waals surface area contributed by atoms with Crippen LogP contribution in [0.5, 0.6) is 11.5 Å². The van der Waals surface area contributed by atoms with Gasteiger partial charge >= 0.3 is 0 Å². The van der Waals surface area contributed by atoms with Crippen LogP contribution in [0.4, 0.5) is 0 Å². The lowest BCUT2D eigenvalue weighted by molar-refractivity contribution is 0.436. The number of benzene rings is 9. The number of furan rings is 1. The van der Waals surface area contributed by atoms with Crippen molar-refractivity contribution in [2.45, 2.75) is 5.41 Å². The molecule has 0 unspecified atom stereocenters. The number of fused-ring (bicyclic) bond motifs is 12. The molecule has 0 saturated carbocycles. The van der Waals surface area contributed by atoms with Gasteiger partial charge in [-0.2, -0.15) is 0 Å². The highest BCUT2D eigenvalue weighted by Crippen LogP contribution is 2.62. The van der Waals surface area contributed by atoms with E-state index in [1.54, 1.807) is 0 Å². The van der Waals surface area contributed by atoms with Crippen molar-refractivity contribution in [1.82, 2.24) is 0 Å². The van der Waals surface area contributed by atoms with Gasteiger partial charge in [0, 0.05) is 38.6 Å². The molecule has 0 amide bonds. The minimum absolute atomic E-state index is 0.571. The van der Waals surface area contributed by atoms with Crippen LogP contribution in [-0.2, 0) is 5.41 Å². The smallest absolute Gasteiger partial charge is 0.161 e. The third kappa shape index (κ3) is 5.60. The number of rotatable bonds is 5. The highest BCUT2D eigenvalue weighted by atomic mass is 127. The Morgan fingerprint density at radius 2 is 0.953 bits per heavy atom. The standard InChI is InChI=1S/C59H37IN2O2/c1-60-56(38-18-6-3-7-19-38)61-58(62-57(60)42-23-15-22-41(33-42)40-21-14-20-39(32-40)37-16-4-2-5-17-37)43-30-31-45-47-35-46-44-24-8-9-25-48(44)59(51(46)36-55(47)64-54(45)34-43)49-26-10-12-28-52(49)63-53-29-13-11-27-50(53)59/h2-36H,1H2. The predicted octanol–water partition coefficient (Wildman–Crippen LogP) is 14.7. The quantitative estimate of drug-likeness (QED) is 0.161. The fourth-order valence-electron chi connectivity index (χ4n) is 10.1. The maximum Gasteiger partial charge on any atom is 0.161 e. The number of amidine groups is 1. The molecular formula is C59H37IN2O2. The molecule has 2 aliphatic heterocycles. The van der Waals surface area contributed by atoms with Crippen molar-refractivity contribution < 1.29 is 9.15 Å². The number of ether oxygens (including phenoxy) is 1. The van der Waals surface area contributed by atoms with Gasteiger partial charge in [-0.25, -0.2) is 9.98 Å². The SMILES string of the molecule is C=I1=C(c2cccc(-c3cccc(-c4ccccc4)c3)c2)N=C(c2ccc3c(c2)oc2cc4c(cc23)-c2ccccc2C42c3ccccc3Oc3ccccc32)N=C1c1ccccc1. The molecule has 302 valence electrons. The molecule has 3 aliphatic rings. The summed E-state index contributed by atoms with van der Waals surface area (Å²) in [6, 6.07) is 75.3. The molecule has 5 heteroatoms. The Morgan fingerprint density at radius 1 is 0.391 bits per heavy atom. The molecule has 10 aromatic rings. The van der Waals surface area contributed by atoms with Crippen LogP contribution >= 0.6 is 18.9 Å². The first-order chi connectivity index (χ1) is 31.6. The van der Waals surface area contributed by atoms with Gasteiger partial charge in [0.15, 0.2) is 5.84 Å². The van der Waals surface area contributed by atoms with E-state index in [1.165, 1.54) is 33.4 Å². The second-order valence-corrected chi connectivity index (χ2v) is 20.6. The Kier molecular flexibility index (Phi) is 8.37. The molecule has 1 spiro atoms. The van der Waals surface area contributed by atoms with E-state index < -0.39 is 24.3 Å². The number of halogens is 1. The van der Waals surface area contributed by atoms with Gasteiger partial charge in [-0.05, 0) is 93.0 Å². The van der Waals surface area contributed by atoms with Crippen molar-refractivity contribution >= 4 is 58.5 Å². The second-order valence-electron chi connectivity index (χ2n) is 16.5. The second kappa shape index (κ2) is 14.5. The normalized spacial score (nSPS) is 14.7. The van der Waals surface area contributed by atoms with Crippen molar-refractivity contribution in [2.75, 3.05) is 0 Å². The van der Waals surface area contributed by atoms with E-state index in [1.807, 2.05) is 6.07 Å². The third-order valence-corrected chi connectivity index (χ3v) is 17.1. The lowest BCUT2D eigenvalue weighted by Gasteiger charge is -2.39. The molecule has 3 heterocycles. The summed E-state index contributed by atoms with van der Waals surface area (Å²) in [6.45, 7) is 0. The molecule has 1 aromatic heterocycles. The van der Waals surface area contributed by atoms with Crippen molar-refractivity contribution in [1.29, 1.82) is 0 Å². The Morgan fingerprint density at radius 3 is 1.67 bits per heavy atom. The molecule has 0 N–H and O–H groups in total. The summed E-state index contributed by atoms with van der Waals surface area (Å²) in [7, 11) is 0. The van der Waals surface area contributed by atoms with E-state index >= 15 is 0 Å².